The highest BCUT2D eigenvalue weighted by molar-refractivity contribution is 5.68. The number of carboxylic acids is 1. The highest BCUT2D eigenvalue weighted by Gasteiger charge is 2.36. The first-order chi connectivity index (χ1) is 10.1. The van der Waals surface area contributed by atoms with E-state index in [2.05, 4.69) is 26.0 Å². The van der Waals surface area contributed by atoms with Gasteiger partial charge in [0.25, 0.3) is 0 Å². The maximum Gasteiger partial charge on any atom is 0.303 e. The van der Waals surface area contributed by atoms with Crippen LogP contribution in [0.4, 0.5) is 0 Å². The lowest BCUT2D eigenvalue weighted by molar-refractivity contribution is -0.137. The molecule has 1 aromatic rings. The first-order valence-corrected chi connectivity index (χ1v) is 8.01. The third-order valence-electron chi connectivity index (χ3n) is 4.85. The number of hydrogen-bond acceptors (Lipinski definition) is 2. The maximum absolute atomic E-state index is 11.2. The molecule has 2 fully saturated rings. The summed E-state index contributed by atoms with van der Waals surface area (Å²) in [6, 6.07) is 4.20. The Kier molecular flexibility index (Phi) is 3.92. The van der Waals surface area contributed by atoms with Gasteiger partial charge in [-0.3, -0.25) is 4.79 Å². The molecule has 3 rings (SSSR count). The molecule has 2 saturated carbocycles. The number of carboxylic acid groups (broad SMARTS) is 1. The zero-order chi connectivity index (χ0) is 15.0. The van der Waals surface area contributed by atoms with Crippen LogP contribution in [0.1, 0.15) is 54.7 Å². The van der Waals surface area contributed by atoms with Crippen LogP contribution in [0.2, 0.25) is 0 Å². The third-order valence-corrected chi connectivity index (χ3v) is 4.85. The van der Waals surface area contributed by atoms with Crippen molar-refractivity contribution in [1.82, 2.24) is 0 Å². The molecule has 2 aliphatic rings. The summed E-state index contributed by atoms with van der Waals surface area (Å²) in [7, 11) is 0. The largest absolute Gasteiger partial charge is 0.493 e. The van der Waals surface area contributed by atoms with Gasteiger partial charge in [-0.25, -0.2) is 0 Å². The van der Waals surface area contributed by atoms with Crippen LogP contribution < -0.4 is 4.74 Å². The first-order valence-electron chi connectivity index (χ1n) is 8.01. The number of benzene rings is 1. The van der Waals surface area contributed by atoms with Crippen LogP contribution in [0.3, 0.4) is 0 Å². The van der Waals surface area contributed by atoms with Gasteiger partial charge in [0.1, 0.15) is 5.75 Å². The molecule has 0 heterocycles. The van der Waals surface area contributed by atoms with Crippen molar-refractivity contribution < 1.29 is 14.6 Å². The Balaban J connectivity index is 1.90. The summed E-state index contributed by atoms with van der Waals surface area (Å²) in [5.74, 6) is 1.58. The van der Waals surface area contributed by atoms with E-state index < -0.39 is 5.97 Å². The number of carbonyl (C=O) groups is 1. The highest BCUT2D eigenvalue weighted by Crippen LogP contribution is 2.48. The second kappa shape index (κ2) is 5.70. The van der Waals surface area contributed by atoms with E-state index in [9.17, 15) is 9.90 Å². The number of rotatable bonds is 7. The van der Waals surface area contributed by atoms with Gasteiger partial charge in [-0.2, -0.15) is 0 Å². The average molecular weight is 288 g/mol. The molecular formula is C18H24O3. The van der Waals surface area contributed by atoms with Gasteiger partial charge in [-0.1, -0.05) is 12.1 Å². The Morgan fingerprint density at radius 2 is 2.00 bits per heavy atom. The van der Waals surface area contributed by atoms with Crippen molar-refractivity contribution in [3.8, 4) is 5.75 Å². The molecule has 1 atom stereocenters. The molecule has 1 unspecified atom stereocenters. The topological polar surface area (TPSA) is 46.5 Å². The van der Waals surface area contributed by atoms with E-state index in [1.54, 1.807) is 0 Å². The van der Waals surface area contributed by atoms with Crippen molar-refractivity contribution in [3.05, 3.63) is 28.8 Å². The molecule has 114 valence electrons. The van der Waals surface area contributed by atoms with Crippen molar-refractivity contribution in [3.63, 3.8) is 0 Å². The molecule has 0 saturated heterocycles. The lowest BCUT2D eigenvalue weighted by Crippen LogP contribution is -2.12. The molecule has 0 spiro atoms. The number of aliphatic carboxylic acids is 1. The van der Waals surface area contributed by atoms with Gasteiger partial charge in [0.05, 0.1) is 13.0 Å². The van der Waals surface area contributed by atoms with Crippen molar-refractivity contribution in [2.45, 2.75) is 51.9 Å². The molecule has 0 bridgehead atoms. The fraction of sp³-hybridized carbons (Fsp3) is 0.611. The van der Waals surface area contributed by atoms with Gasteiger partial charge in [-0.05, 0) is 68.1 Å². The first kappa shape index (κ1) is 14.4. The second-order valence-electron chi connectivity index (χ2n) is 6.72. The molecule has 0 radical (unpaired) electrons. The van der Waals surface area contributed by atoms with Crippen molar-refractivity contribution >= 4 is 5.97 Å². The SMILES string of the molecule is Cc1ccc(C(CC(=O)O)C2CC2)c(OCC2CC2)c1C. The summed E-state index contributed by atoms with van der Waals surface area (Å²) < 4.78 is 6.12. The molecule has 2 aliphatic carbocycles. The summed E-state index contributed by atoms with van der Waals surface area (Å²) in [5.41, 5.74) is 3.50. The predicted molar refractivity (Wildman–Crippen MR) is 81.9 cm³/mol. The number of hydrogen-bond donors (Lipinski definition) is 1. The van der Waals surface area contributed by atoms with Gasteiger partial charge in [0, 0.05) is 5.92 Å². The normalized spacial score (nSPS) is 19.3. The van der Waals surface area contributed by atoms with Gasteiger partial charge in [-0.15, -0.1) is 0 Å². The van der Waals surface area contributed by atoms with Gasteiger partial charge in [0.2, 0.25) is 0 Å². The van der Waals surface area contributed by atoms with Crippen LogP contribution in [0, 0.1) is 25.7 Å². The van der Waals surface area contributed by atoms with E-state index >= 15 is 0 Å². The minimum absolute atomic E-state index is 0.107. The molecular weight excluding hydrogens is 264 g/mol. The van der Waals surface area contributed by atoms with E-state index in [-0.39, 0.29) is 12.3 Å². The number of aryl methyl sites for hydroxylation is 1. The van der Waals surface area contributed by atoms with E-state index in [1.165, 1.54) is 24.0 Å². The second-order valence-corrected chi connectivity index (χ2v) is 6.72. The minimum Gasteiger partial charge on any atom is -0.493 e. The molecule has 3 nitrogen and oxygen atoms in total. The monoisotopic (exact) mass is 288 g/mol. The third kappa shape index (κ3) is 3.39. The zero-order valence-electron chi connectivity index (χ0n) is 12.9. The summed E-state index contributed by atoms with van der Waals surface area (Å²) >= 11 is 0. The quantitative estimate of drug-likeness (QED) is 0.823. The summed E-state index contributed by atoms with van der Waals surface area (Å²) in [6.45, 7) is 4.96. The van der Waals surface area contributed by atoms with E-state index in [0.29, 0.717) is 11.8 Å². The van der Waals surface area contributed by atoms with Crippen molar-refractivity contribution in [2.75, 3.05) is 6.61 Å². The Labute approximate surface area is 126 Å². The Morgan fingerprint density at radius 3 is 2.57 bits per heavy atom. The lowest BCUT2D eigenvalue weighted by atomic mass is 9.88. The maximum atomic E-state index is 11.2. The van der Waals surface area contributed by atoms with E-state index in [0.717, 1.165) is 30.8 Å². The van der Waals surface area contributed by atoms with E-state index in [1.807, 2.05) is 0 Å². The average Bonchev–Trinajstić information content (AvgIpc) is 3.31. The molecule has 0 amide bonds. The Bertz CT molecular complexity index is 542. The van der Waals surface area contributed by atoms with Crippen LogP contribution >= 0.6 is 0 Å². The van der Waals surface area contributed by atoms with Crippen LogP contribution in [0.15, 0.2) is 12.1 Å². The summed E-state index contributed by atoms with van der Waals surface area (Å²) in [4.78, 5) is 11.2. The highest BCUT2D eigenvalue weighted by atomic mass is 16.5. The molecule has 1 aromatic carbocycles. The molecule has 21 heavy (non-hydrogen) atoms. The Morgan fingerprint density at radius 1 is 1.29 bits per heavy atom. The summed E-state index contributed by atoms with van der Waals surface area (Å²) in [5, 5.41) is 9.22. The molecule has 0 aromatic heterocycles. The van der Waals surface area contributed by atoms with Crippen molar-refractivity contribution in [2.24, 2.45) is 11.8 Å². The van der Waals surface area contributed by atoms with Crippen molar-refractivity contribution in [1.29, 1.82) is 0 Å². The van der Waals surface area contributed by atoms with Crippen LogP contribution in [0.5, 0.6) is 5.75 Å². The van der Waals surface area contributed by atoms with Crippen LogP contribution in [-0.4, -0.2) is 17.7 Å². The fourth-order valence-corrected chi connectivity index (χ4v) is 3.00. The van der Waals surface area contributed by atoms with Gasteiger partial charge >= 0.3 is 5.97 Å². The van der Waals surface area contributed by atoms with Gasteiger partial charge < -0.3 is 9.84 Å². The lowest BCUT2D eigenvalue weighted by Gasteiger charge is -2.22. The van der Waals surface area contributed by atoms with Crippen LogP contribution in [0.25, 0.3) is 0 Å². The molecule has 0 aliphatic heterocycles. The Hall–Kier alpha value is -1.51. The molecule has 3 heteroatoms. The van der Waals surface area contributed by atoms with Gasteiger partial charge in [0.15, 0.2) is 0 Å². The van der Waals surface area contributed by atoms with E-state index in [4.69, 9.17) is 4.74 Å². The summed E-state index contributed by atoms with van der Waals surface area (Å²) in [6.07, 6.45) is 5.04. The predicted octanol–water partition coefficient (Wildman–Crippen LogP) is 4.06. The zero-order valence-corrected chi connectivity index (χ0v) is 12.9. The standard InChI is InChI=1S/C18H24O3/c1-11-3-8-15(16(9-17(19)20)14-6-7-14)18(12(11)2)21-10-13-4-5-13/h3,8,13-14,16H,4-7,9-10H2,1-2H3,(H,19,20). The molecule has 1 N–H and O–H groups in total. The fourth-order valence-electron chi connectivity index (χ4n) is 3.00. The smallest absolute Gasteiger partial charge is 0.303 e. The van der Waals surface area contributed by atoms with Crippen LogP contribution in [-0.2, 0) is 4.79 Å². The minimum atomic E-state index is -0.710. The number of ether oxygens (including phenoxy) is 1.